The third-order valence-electron chi connectivity index (χ3n) is 9.95. The summed E-state index contributed by atoms with van der Waals surface area (Å²) in [5, 5.41) is 4.59. The normalized spacial score (nSPS) is 11.5. The number of nitrogens with zero attached hydrogens (tertiary/aromatic N) is 2. The Morgan fingerprint density at radius 2 is 0.980 bits per heavy atom. The van der Waals surface area contributed by atoms with Crippen molar-refractivity contribution in [3.8, 4) is 27.9 Å². The number of anilines is 3. The van der Waals surface area contributed by atoms with E-state index in [9.17, 15) is 0 Å². The summed E-state index contributed by atoms with van der Waals surface area (Å²) in [6, 6.07) is 69.1. The molecule has 0 saturated heterocycles. The fraction of sp³-hybridized carbons (Fsp3) is 0. The van der Waals surface area contributed by atoms with Crippen LogP contribution in [0.3, 0.4) is 0 Å². The molecule has 0 aliphatic carbocycles. The lowest BCUT2D eigenvalue weighted by molar-refractivity contribution is 0.669. The smallest absolute Gasteiger partial charge is 0.159 e. The Kier molecular flexibility index (Phi) is 6.81. The van der Waals surface area contributed by atoms with Crippen LogP contribution in [-0.4, -0.2) is 4.57 Å². The van der Waals surface area contributed by atoms with E-state index in [0.717, 1.165) is 50.2 Å². The van der Waals surface area contributed by atoms with E-state index in [1.807, 2.05) is 6.07 Å². The highest BCUT2D eigenvalue weighted by Gasteiger charge is 2.26. The number of rotatable bonds is 6. The molecule has 0 aliphatic heterocycles. The van der Waals surface area contributed by atoms with Crippen molar-refractivity contribution in [2.75, 3.05) is 4.90 Å². The molecule has 2 aromatic heterocycles. The third-order valence-corrected chi connectivity index (χ3v) is 9.95. The highest BCUT2D eigenvalue weighted by Crippen LogP contribution is 2.48. The van der Waals surface area contributed by atoms with Gasteiger partial charge >= 0.3 is 0 Å². The molecule has 3 nitrogen and oxygen atoms in total. The minimum atomic E-state index is 0.860. The van der Waals surface area contributed by atoms with Crippen molar-refractivity contribution < 1.29 is 4.42 Å². The molecule has 0 saturated carbocycles. The second kappa shape index (κ2) is 11.9. The first kappa shape index (κ1) is 29.1. The maximum absolute atomic E-state index is 6.69. The number of aromatic nitrogens is 1. The molecular formula is C48H32N2O. The van der Waals surface area contributed by atoms with Gasteiger partial charge in [-0.1, -0.05) is 140 Å². The molecular weight excluding hydrogens is 621 g/mol. The molecule has 0 spiro atoms. The van der Waals surface area contributed by atoms with Crippen LogP contribution in [0, 0.1) is 0 Å². The molecule has 0 N–H and O–H groups in total. The van der Waals surface area contributed by atoms with Gasteiger partial charge in [0.25, 0.3) is 0 Å². The van der Waals surface area contributed by atoms with Crippen molar-refractivity contribution in [1.29, 1.82) is 0 Å². The average molecular weight is 653 g/mol. The second-order valence-corrected chi connectivity index (χ2v) is 12.9. The van der Waals surface area contributed by atoms with Gasteiger partial charge in [-0.15, -0.1) is 0 Å². The maximum Gasteiger partial charge on any atom is 0.159 e. The van der Waals surface area contributed by atoms with Gasteiger partial charge in [0.2, 0.25) is 0 Å². The van der Waals surface area contributed by atoms with Crippen LogP contribution in [0.2, 0.25) is 0 Å². The van der Waals surface area contributed by atoms with Gasteiger partial charge in [-0.2, -0.15) is 0 Å². The average Bonchev–Trinajstić information content (AvgIpc) is 3.76. The van der Waals surface area contributed by atoms with Gasteiger partial charge in [-0.05, 0) is 71.3 Å². The van der Waals surface area contributed by atoms with Gasteiger partial charge in [-0.3, -0.25) is 0 Å². The Labute approximate surface area is 295 Å². The Balaban J connectivity index is 1.37. The minimum absolute atomic E-state index is 0.860. The van der Waals surface area contributed by atoms with E-state index in [2.05, 4.69) is 198 Å². The zero-order valence-corrected chi connectivity index (χ0v) is 27.8. The van der Waals surface area contributed by atoms with E-state index >= 15 is 0 Å². The number of benzene rings is 8. The molecule has 0 unspecified atom stereocenters. The number of hydrogen-bond donors (Lipinski definition) is 0. The predicted octanol–water partition coefficient (Wildman–Crippen LogP) is 13.5. The van der Waals surface area contributed by atoms with Crippen molar-refractivity contribution in [2.24, 2.45) is 0 Å². The predicted molar refractivity (Wildman–Crippen MR) is 214 cm³/mol. The van der Waals surface area contributed by atoms with Gasteiger partial charge in [0, 0.05) is 38.5 Å². The highest BCUT2D eigenvalue weighted by atomic mass is 16.3. The molecule has 0 radical (unpaired) electrons. The van der Waals surface area contributed by atoms with Crippen LogP contribution in [0.15, 0.2) is 199 Å². The molecule has 0 atom stereocenters. The Bertz CT molecular complexity index is 2840. The molecule has 0 aliphatic rings. The molecule has 10 rings (SSSR count). The lowest BCUT2D eigenvalue weighted by Crippen LogP contribution is -2.12. The van der Waals surface area contributed by atoms with Crippen LogP contribution in [0.1, 0.15) is 0 Å². The lowest BCUT2D eigenvalue weighted by Gasteiger charge is -2.27. The van der Waals surface area contributed by atoms with Crippen molar-refractivity contribution >= 4 is 60.8 Å². The van der Waals surface area contributed by atoms with E-state index in [4.69, 9.17) is 4.42 Å². The number of fused-ring (bicyclic) bond motifs is 6. The molecule has 8 aromatic carbocycles. The van der Waals surface area contributed by atoms with E-state index in [1.54, 1.807) is 0 Å². The van der Waals surface area contributed by atoms with Gasteiger partial charge < -0.3 is 13.9 Å². The lowest BCUT2D eigenvalue weighted by atomic mass is 9.95. The molecule has 0 amide bonds. The van der Waals surface area contributed by atoms with Crippen LogP contribution in [0.4, 0.5) is 17.1 Å². The summed E-state index contributed by atoms with van der Waals surface area (Å²) in [7, 11) is 0. The standard InChI is InChI=1S/C48H32N2O/c1-5-17-33(18-6-1)35-31-41(34-19-7-2-8-20-34)46-42(32-35)39-26-15-28-43(47(39)50(46)37-23-11-4-12-24-37)49(36-21-9-3-10-22-36)44-29-16-27-40-38-25-13-14-30-45(38)51-48(40)44/h1-32H. The first-order valence-corrected chi connectivity index (χ1v) is 17.4. The van der Waals surface area contributed by atoms with Crippen LogP contribution in [0.25, 0.3) is 71.7 Å². The van der Waals surface area contributed by atoms with E-state index in [1.165, 1.54) is 38.5 Å². The Morgan fingerprint density at radius 1 is 0.392 bits per heavy atom. The summed E-state index contributed by atoms with van der Waals surface area (Å²) in [6.45, 7) is 0. The number of para-hydroxylation sites is 5. The fourth-order valence-corrected chi connectivity index (χ4v) is 7.72. The third kappa shape index (κ3) is 4.74. The summed E-state index contributed by atoms with van der Waals surface area (Å²) in [6.07, 6.45) is 0. The van der Waals surface area contributed by atoms with Crippen LogP contribution in [0.5, 0.6) is 0 Å². The van der Waals surface area contributed by atoms with Gasteiger partial charge in [0.1, 0.15) is 5.58 Å². The summed E-state index contributed by atoms with van der Waals surface area (Å²) in [5.41, 5.74) is 13.0. The molecule has 0 bridgehead atoms. The summed E-state index contributed by atoms with van der Waals surface area (Å²) >= 11 is 0. The van der Waals surface area contributed by atoms with Gasteiger partial charge in [0.15, 0.2) is 5.58 Å². The van der Waals surface area contributed by atoms with E-state index < -0.39 is 0 Å². The van der Waals surface area contributed by atoms with Crippen molar-refractivity contribution in [3.63, 3.8) is 0 Å². The molecule has 51 heavy (non-hydrogen) atoms. The first-order chi connectivity index (χ1) is 25.3. The zero-order valence-electron chi connectivity index (χ0n) is 27.8. The first-order valence-electron chi connectivity index (χ1n) is 17.4. The van der Waals surface area contributed by atoms with Crippen molar-refractivity contribution in [3.05, 3.63) is 194 Å². The monoisotopic (exact) mass is 652 g/mol. The number of hydrogen-bond acceptors (Lipinski definition) is 2. The SMILES string of the molecule is c1ccc(-c2cc(-c3ccccc3)c3c(c2)c2cccc(N(c4ccccc4)c4cccc5c4oc4ccccc45)c2n3-c2ccccc2)cc1. The molecule has 240 valence electrons. The van der Waals surface area contributed by atoms with Gasteiger partial charge in [-0.25, -0.2) is 0 Å². The topological polar surface area (TPSA) is 21.3 Å². The van der Waals surface area contributed by atoms with Crippen LogP contribution < -0.4 is 4.90 Å². The second-order valence-electron chi connectivity index (χ2n) is 12.9. The van der Waals surface area contributed by atoms with E-state index in [-0.39, 0.29) is 0 Å². The highest BCUT2D eigenvalue weighted by molar-refractivity contribution is 6.19. The quantitative estimate of drug-likeness (QED) is 0.178. The number of furan rings is 1. The molecule has 2 heterocycles. The molecule has 10 aromatic rings. The summed E-state index contributed by atoms with van der Waals surface area (Å²) in [4.78, 5) is 2.37. The fourth-order valence-electron chi connectivity index (χ4n) is 7.72. The minimum Gasteiger partial charge on any atom is -0.454 e. The Hall–Kier alpha value is -6.84. The maximum atomic E-state index is 6.69. The van der Waals surface area contributed by atoms with Gasteiger partial charge in [0.05, 0.1) is 22.4 Å². The summed E-state index contributed by atoms with van der Waals surface area (Å²) in [5.74, 6) is 0. The largest absolute Gasteiger partial charge is 0.454 e. The Morgan fingerprint density at radius 3 is 1.73 bits per heavy atom. The zero-order chi connectivity index (χ0) is 33.7. The van der Waals surface area contributed by atoms with Crippen molar-refractivity contribution in [2.45, 2.75) is 0 Å². The summed E-state index contributed by atoms with van der Waals surface area (Å²) < 4.78 is 9.15. The molecule has 3 heteroatoms. The van der Waals surface area contributed by atoms with Crippen LogP contribution in [-0.2, 0) is 0 Å². The molecule has 0 fully saturated rings. The van der Waals surface area contributed by atoms with E-state index in [0.29, 0.717) is 0 Å². The van der Waals surface area contributed by atoms with Crippen molar-refractivity contribution in [1.82, 2.24) is 4.57 Å². The van der Waals surface area contributed by atoms with Crippen LogP contribution >= 0.6 is 0 Å².